The molecule has 6 N–H and O–H groups in total. The number of fused-ring (bicyclic) bond motifs is 20. The molecule has 0 saturated heterocycles. The summed E-state index contributed by atoms with van der Waals surface area (Å²) in [4.78, 5) is 78.5. The minimum atomic E-state index is -0.968. The van der Waals surface area contributed by atoms with Crippen LogP contribution in [0.1, 0.15) is 29.6 Å². The number of unbranched alkanes of at least 4 members (excludes halogenated alkanes) is 1. The maximum atomic E-state index is 13.5. The summed E-state index contributed by atoms with van der Waals surface area (Å²) in [6.07, 6.45) is 1.20. The number of carbonyl (C=O) groups is 3. The lowest BCUT2D eigenvalue weighted by atomic mass is 10.1. The molecular formula is C68H78N14O16. The molecule has 1 atom stereocenters. The Labute approximate surface area is 563 Å². The van der Waals surface area contributed by atoms with Crippen molar-refractivity contribution in [3.05, 3.63) is 113 Å². The summed E-state index contributed by atoms with van der Waals surface area (Å²) in [7, 11) is 4.87. The van der Waals surface area contributed by atoms with Crippen molar-refractivity contribution in [2.75, 3.05) is 153 Å². The Kier molecular flexibility index (Phi) is 26.7. The molecule has 516 valence electrons. The van der Waals surface area contributed by atoms with E-state index in [0.29, 0.717) is 230 Å². The third-order valence-electron chi connectivity index (χ3n) is 15.1. The number of hydrogen-bond acceptors (Lipinski definition) is 23. The van der Waals surface area contributed by atoms with Crippen molar-refractivity contribution in [2.24, 2.45) is 10.8 Å². The lowest BCUT2D eigenvalue weighted by Gasteiger charge is -2.16. The number of azide groups is 1. The first-order valence-corrected chi connectivity index (χ1v) is 32.0. The van der Waals surface area contributed by atoms with Crippen LogP contribution in [0.3, 0.4) is 0 Å². The van der Waals surface area contributed by atoms with E-state index in [2.05, 4.69) is 30.6 Å². The smallest absolute Gasteiger partial charge is 0.251 e. The van der Waals surface area contributed by atoms with Crippen LogP contribution in [0.25, 0.3) is 100 Å². The number of nitrogens with one attached hydrogen (secondary N) is 4. The quantitative estimate of drug-likeness (QED) is 0.0105. The molecule has 0 radical (unpaired) electrons. The Balaban J connectivity index is 1.01. The summed E-state index contributed by atoms with van der Waals surface area (Å²) < 4.78 is 74.4. The molecule has 98 heavy (non-hydrogen) atoms. The van der Waals surface area contributed by atoms with E-state index in [-0.39, 0.29) is 44.9 Å². The number of nitrogens with zero attached hydrogens (tertiary/aromatic N) is 9. The molecule has 8 bridgehead atoms. The van der Waals surface area contributed by atoms with Crippen molar-refractivity contribution in [3.8, 4) is 74.3 Å². The number of primary amides is 1. The fourth-order valence-electron chi connectivity index (χ4n) is 10.3. The van der Waals surface area contributed by atoms with E-state index in [1.807, 2.05) is 66.7 Å². The summed E-state index contributed by atoms with van der Waals surface area (Å²) in [6.45, 7) is 7.09. The third kappa shape index (κ3) is 19.8. The fraction of sp³-hybridized carbons (Fsp3) is 0.397. The van der Waals surface area contributed by atoms with Gasteiger partial charge >= 0.3 is 0 Å². The van der Waals surface area contributed by atoms with Crippen molar-refractivity contribution in [1.29, 1.82) is 0 Å². The predicted octanol–water partition coefficient (Wildman–Crippen LogP) is 8.02. The van der Waals surface area contributed by atoms with Crippen LogP contribution >= 0.6 is 0 Å². The topological polar surface area (TPSA) is 379 Å². The van der Waals surface area contributed by atoms with Gasteiger partial charge in [0.2, 0.25) is 11.8 Å². The Morgan fingerprint density at radius 3 is 1.33 bits per heavy atom. The molecule has 0 spiro atoms. The van der Waals surface area contributed by atoms with Gasteiger partial charge in [-0.05, 0) is 122 Å². The van der Waals surface area contributed by atoms with Crippen molar-refractivity contribution >= 4 is 61.9 Å². The molecule has 2 aliphatic rings. The summed E-state index contributed by atoms with van der Waals surface area (Å²) in [6, 6.07) is 27.8. The van der Waals surface area contributed by atoms with Crippen molar-refractivity contribution in [1.82, 2.24) is 50.5 Å². The fourth-order valence-corrected chi connectivity index (χ4v) is 10.3. The van der Waals surface area contributed by atoms with E-state index < -0.39 is 23.8 Å². The van der Waals surface area contributed by atoms with Gasteiger partial charge in [0.1, 0.15) is 83.7 Å². The van der Waals surface area contributed by atoms with Crippen LogP contribution in [0.5, 0.6) is 28.7 Å². The second-order valence-corrected chi connectivity index (χ2v) is 21.9. The van der Waals surface area contributed by atoms with E-state index in [9.17, 15) is 14.4 Å². The molecule has 0 aliphatic carbocycles. The van der Waals surface area contributed by atoms with Crippen molar-refractivity contribution in [3.63, 3.8) is 0 Å². The molecule has 0 saturated carbocycles. The van der Waals surface area contributed by atoms with Gasteiger partial charge in [0.05, 0.1) is 99.1 Å². The van der Waals surface area contributed by atoms with Gasteiger partial charge in [0.15, 0.2) is 23.3 Å². The van der Waals surface area contributed by atoms with Crippen LogP contribution in [-0.2, 0) is 52.2 Å². The largest absolute Gasteiger partial charge is 0.491 e. The van der Waals surface area contributed by atoms with Crippen LogP contribution in [0.2, 0.25) is 0 Å². The number of hydrogen-bond donors (Lipinski definition) is 5. The lowest BCUT2D eigenvalue weighted by Crippen LogP contribution is -2.44. The molecule has 3 amide bonds. The molecule has 3 aromatic heterocycles. The molecule has 30 nitrogen and oxygen atoms in total. The van der Waals surface area contributed by atoms with E-state index in [1.54, 1.807) is 51.7 Å². The number of H-pyrrole nitrogens is 2. The highest BCUT2D eigenvalue weighted by atomic mass is 16.6. The van der Waals surface area contributed by atoms with Gasteiger partial charge in [-0.3, -0.25) is 14.4 Å². The summed E-state index contributed by atoms with van der Waals surface area (Å²) in [5.41, 5.74) is 18.7. The summed E-state index contributed by atoms with van der Waals surface area (Å²) >= 11 is 0. The molecule has 5 heterocycles. The van der Waals surface area contributed by atoms with Gasteiger partial charge in [0.25, 0.3) is 5.91 Å². The van der Waals surface area contributed by atoms with Crippen LogP contribution in [0.4, 0.5) is 0 Å². The maximum Gasteiger partial charge on any atom is 0.251 e. The van der Waals surface area contributed by atoms with E-state index in [1.165, 1.54) is 0 Å². The van der Waals surface area contributed by atoms with Crippen LogP contribution in [-0.4, -0.2) is 217 Å². The minimum Gasteiger partial charge on any atom is -0.491 e. The maximum absolute atomic E-state index is 13.5. The lowest BCUT2D eigenvalue weighted by molar-refractivity contribution is -0.120. The molecule has 1 unspecified atom stereocenters. The van der Waals surface area contributed by atoms with Crippen molar-refractivity contribution < 1.29 is 76.0 Å². The highest BCUT2D eigenvalue weighted by Crippen LogP contribution is 2.40. The van der Waals surface area contributed by atoms with Gasteiger partial charge < -0.3 is 87.9 Å². The van der Waals surface area contributed by atoms with Gasteiger partial charge in [-0.2, -0.15) is 0 Å². The average Bonchev–Trinajstić information content (AvgIpc) is 1.60. The first kappa shape index (κ1) is 70.8. The zero-order valence-corrected chi connectivity index (χ0v) is 54.7. The minimum absolute atomic E-state index is 0.237. The number of amides is 3. The summed E-state index contributed by atoms with van der Waals surface area (Å²) in [5, 5.41) is 11.3. The zero-order chi connectivity index (χ0) is 68.3. The molecule has 2 aliphatic heterocycles. The Morgan fingerprint density at radius 1 is 0.469 bits per heavy atom. The normalized spacial score (nSPS) is 11.8. The van der Waals surface area contributed by atoms with E-state index in [0.717, 1.165) is 0 Å². The van der Waals surface area contributed by atoms with Gasteiger partial charge in [-0.25, -0.2) is 29.9 Å². The number of ether oxygens (including phenoxy) is 13. The standard InChI is InChI=1S/C68H78N14O16/c1-86-20-23-89-26-29-92-32-35-95-45-11-15-49-53(38-45)64-74-60(49)76-65-55-40-47(97-37-34-94-31-28-91-25-22-88-3)13-17-51(55)62(78-65)80-67-56-41-48(98-44-9-7-43(8-10-44)68(85)73-57(59(69)84)6-4-5-19-71-58(83)42-72-82-70)14-18-52(56)63(81-67)79-66-54-39-46(12-16-50(54)61(75-64)77-66)96-36-33-93-30-27-90-24-21-87-2/h7-18,38-41,57H,4-6,19-37,42H2,1-3H3,(H2,69,84)(H,71,83)(H,73,85)(H2,74,75,76,77,78,79,80,81). The third-order valence-corrected chi connectivity index (χ3v) is 15.1. The van der Waals surface area contributed by atoms with Gasteiger partial charge in [-0.1, -0.05) is 5.11 Å². The molecule has 8 aromatic rings. The highest BCUT2D eigenvalue weighted by molar-refractivity contribution is 6.07. The van der Waals surface area contributed by atoms with E-state index in [4.69, 9.17) is 103 Å². The molecule has 30 heteroatoms. The SMILES string of the molecule is COCCOCCOCCOc1ccc2c(c1)-c1nc-2nc2[nH]c(nc3nc(nc4[nH]c(n1)c1ccc(OCCOCCOCCOC)cc41)-c1ccc(OCCOCCOCCOC)cc1-3)c1ccc(Oc3ccc(C(=O)NC(CCCCNC(=O)CN=[N+]=[N-])C(N)=O)cc3)cc21. The van der Waals surface area contributed by atoms with Crippen molar-refractivity contribution in [2.45, 2.75) is 25.3 Å². The highest BCUT2D eigenvalue weighted by Gasteiger charge is 2.25. The first-order chi connectivity index (χ1) is 48.1. The molecule has 5 aromatic carbocycles. The second kappa shape index (κ2) is 36.9. The zero-order valence-electron chi connectivity index (χ0n) is 54.7. The monoisotopic (exact) mass is 1350 g/mol. The number of methoxy groups -OCH3 is 3. The number of aromatic nitrogens is 8. The number of carbonyl (C=O) groups excluding carboxylic acids is 3. The molecular weight excluding hydrogens is 1270 g/mol. The predicted molar refractivity (Wildman–Crippen MR) is 361 cm³/mol. The van der Waals surface area contributed by atoms with Crippen LogP contribution < -0.4 is 35.3 Å². The Morgan fingerprint density at radius 2 is 0.867 bits per heavy atom. The van der Waals surface area contributed by atoms with Gasteiger partial charge in [-0.15, -0.1) is 0 Å². The Bertz CT molecular complexity index is 4200. The molecule has 0 fully saturated rings. The summed E-state index contributed by atoms with van der Waals surface area (Å²) in [5.74, 6) is 2.19. The number of aromatic amines is 2. The van der Waals surface area contributed by atoms with Crippen LogP contribution in [0, 0.1) is 0 Å². The Hall–Kier alpha value is -9.98. The molecule has 10 rings (SSSR count). The first-order valence-electron chi connectivity index (χ1n) is 32.0. The number of nitrogens with two attached hydrogens (primary N) is 1. The second-order valence-electron chi connectivity index (χ2n) is 21.9. The van der Waals surface area contributed by atoms with Gasteiger partial charge in [0, 0.05) is 82.1 Å². The van der Waals surface area contributed by atoms with Crippen LogP contribution in [0.15, 0.2) is 102 Å². The average molecular weight is 1350 g/mol. The number of benzene rings is 5. The number of rotatable bonds is 42. The van der Waals surface area contributed by atoms with E-state index >= 15 is 0 Å².